The van der Waals surface area contributed by atoms with Crippen molar-refractivity contribution < 1.29 is 14.6 Å². The molecule has 0 aromatic heterocycles. The topological polar surface area (TPSA) is 41.9 Å². The highest BCUT2D eigenvalue weighted by molar-refractivity contribution is 5.35. The number of rotatable bonds is 7. The van der Waals surface area contributed by atoms with Gasteiger partial charge < -0.3 is 14.6 Å². The number of aliphatic hydroxyl groups is 1. The van der Waals surface area contributed by atoms with E-state index in [9.17, 15) is 5.11 Å². The number of hydrogen-bond acceptors (Lipinski definition) is 4. The molecule has 1 aliphatic rings. The highest BCUT2D eigenvalue weighted by atomic mass is 16.5. The van der Waals surface area contributed by atoms with Gasteiger partial charge >= 0.3 is 0 Å². The van der Waals surface area contributed by atoms with Crippen LogP contribution < -0.4 is 4.74 Å². The Morgan fingerprint density at radius 1 is 1.08 bits per heavy atom. The van der Waals surface area contributed by atoms with Gasteiger partial charge in [0.25, 0.3) is 0 Å². The summed E-state index contributed by atoms with van der Waals surface area (Å²) in [6.07, 6.45) is 0. The van der Waals surface area contributed by atoms with E-state index in [0.717, 1.165) is 49.7 Å². The zero-order chi connectivity index (χ0) is 18.4. The third kappa shape index (κ3) is 4.44. The molecule has 1 fully saturated rings. The van der Waals surface area contributed by atoms with E-state index in [-0.39, 0.29) is 5.92 Å². The lowest BCUT2D eigenvalue weighted by Gasteiger charge is -2.38. The van der Waals surface area contributed by atoms with E-state index in [0.29, 0.717) is 6.61 Å². The molecule has 4 nitrogen and oxygen atoms in total. The minimum absolute atomic E-state index is 0.0280. The Kier molecular flexibility index (Phi) is 6.30. The molecule has 0 amide bonds. The first-order valence-corrected chi connectivity index (χ1v) is 9.42. The molecule has 1 N–H and O–H groups in total. The van der Waals surface area contributed by atoms with Crippen molar-refractivity contribution in [3.05, 3.63) is 65.7 Å². The minimum Gasteiger partial charge on any atom is -0.494 e. The Morgan fingerprint density at radius 3 is 2.35 bits per heavy atom. The van der Waals surface area contributed by atoms with Crippen molar-refractivity contribution in [3.8, 4) is 5.75 Å². The molecule has 2 atom stereocenters. The fraction of sp³-hybridized carbons (Fsp3) is 0.455. The minimum atomic E-state index is -0.982. The van der Waals surface area contributed by atoms with Crippen LogP contribution in [0.2, 0.25) is 0 Å². The molecule has 26 heavy (non-hydrogen) atoms. The molecule has 1 saturated heterocycles. The average molecular weight is 355 g/mol. The standard InChI is InChI=1S/C22H29NO3/c1-3-26-20-11-9-19(10-12-20)22(2,24)21(18-7-5-4-6-8-18)17-23-13-15-25-16-14-23/h4-12,21,24H,3,13-17H2,1-2H3. The van der Waals surface area contributed by atoms with Gasteiger partial charge in [0.1, 0.15) is 5.75 Å². The monoisotopic (exact) mass is 355 g/mol. The molecular weight excluding hydrogens is 326 g/mol. The van der Waals surface area contributed by atoms with Gasteiger partial charge in [0.15, 0.2) is 0 Å². The number of morpholine rings is 1. The van der Waals surface area contributed by atoms with Crippen molar-refractivity contribution in [1.82, 2.24) is 4.90 Å². The van der Waals surface area contributed by atoms with Crippen LogP contribution in [0.25, 0.3) is 0 Å². The van der Waals surface area contributed by atoms with E-state index >= 15 is 0 Å². The molecule has 0 saturated carbocycles. The summed E-state index contributed by atoms with van der Waals surface area (Å²) in [7, 11) is 0. The second-order valence-electron chi connectivity index (χ2n) is 6.98. The Hall–Kier alpha value is -1.88. The van der Waals surface area contributed by atoms with Crippen molar-refractivity contribution in [2.24, 2.45) is 0 Å². The van der Waals surface area contributed by atoms with Crippen molar-refractivity contribution in [1.29, 1.82) is 0 Å². The Balaban J connectivity index is 1.88. The van der Waals surface area contributed by atoms with Gasteiger partial charge in [-0.1, -0.05) is 42.5 Å². The summed E-state index contributed by atoms with van der Waals surface area (Å²) in [5.41, 5.74) is 1.07. The van der Waals surface area contributed by atoms with Crippen LogP contribution in [0.15, 0.2) is 54.6 Å². The van der Waals surface area contributed by atoms with E-state index in [1.807, 2.05) is 56.3 Å². The first-order chi connectivity index (χ1) is 12.6. The molecule has 2 aromatic carbocycles. The second kappa shape index (κ2) is 8.67. The maximum absolute atomic E-state index is 11.6. The molecule has 1 heterocycles. The zero-order valence-electron chi connectivity index (χ0n) is 15.7. The Morgan fingerprint density at radius 2 is 1.73 bits per heavy atom. The van der Waals surface area contributed by atoms with E-state index < -0.39 is 5.60 Å². The van der Waals surface area contributed by atoms with E-state index in [1.165, 1.54) is 0 Å². The molecule has 0 aliphatic carbocycles. The maximum atomic E-state index is 11.6. The van der Waals surface area contributed by atoms with Crippen LogP contribution in [0.3, 0.4) is 0 Å². The smallest absolute Gasteiger partial charge is 0.119 e. The highest BCUT2D eigenvalue weighted by Crippen LogP contribution is 2.38. The average Bonchev–Trinajstić information content (AvgIpc) is 2.68. The molecular formula is C22H29NO3. The summed E-state index contributed by atoms with van der Waals surface area (Å²) in [4.78, 5) is 2.38. The van der Waals surface area contributed by atoms with Crippen molar-refractivity contribution in [2.75, 3.05) is 39.5 Å². The van der Waals surface area contributed by atoms with Crippen LogP contribution in [0.1, 0.15) is 30.9 Å². The molecule has 3 rings (SSSR count). The van der Waals surface area contributed by atoms with Gasteiger partial charge in [-0.25, -0.2) is 0 Å². The molecule has 140 valence electrons. The van der Waals surface area contributed by atoms with Gasteiger partial charge in [0.2, 0.25) is 0 Å². The van der Waals surface area contributed by atoms with Gasteiger partial charge in [-0.3, -0.25) is 4.90 Å². The Labute approximate surface area is 156 Å². The van der Waals surface area contributed by atoms with Crippen LogP contribution in [0.4, 0.5) is 0 Å². The third-order valence-corrected chi connectivity index (χ3v) is 5.17. The van der Waals surface area contributed by atoms with Crippen LogP contribution in [0, 0.1) is 0 Å². The summed E-state index contributed by atoms with van der Waals surface area (Å²) in [5.74, 6) is 0.802. The second-order valence-corrected chi connectivity index (χ2v) is 6.98. The first-order valence-electron chi connectivity index (χ1n) is 9.42. The molecule has 4 heteroatoms. The molecule has 1 aliphatic heterocycles. The van der Waals surface area contributed by atoms with Gasteiger partial charge in [0.05, 0.1) is 25.4 Å². The quantitative estimate of drug-likeness (QED) is 0.826. The summed E-state index contributed by atoms with van der Waals surface area (Å²) in [6, 6.07) is 18.1. The van der Waals surface area contributed by atoms with Crippen LogP contribution in [-0.4, -0.2) is 49.5 Å². The first kappa shape index (κ1) is 18.9. The molecule has 0 bridgehead atoms. The summed E-state index contributed by atoms with van der Waals surface area (Å²) in [5, 5.41) is 11.6. The highest BCUT2D eigenvalue weighted by Gasteiger charge is 2.36. The largest absolute Gasteiger partial charge is 0.494 e. The zero-order valence-corrected chi connectivity index (χ0v) is 15.7. The predicted octanol–water partition coefficient (Wildman–Crippen LogP) is 3.41. The molecule has 0 radical (unpaired) electrons. The number of benzene rings is 2. The lowest BCUT2D eigenvalue weighted by atomic mass is 9.78. The summed E-state index contributed by atoms with van der Waals surface area (Å²) < 4.78 is 11.0. The van der Waals surface area contributed by atoms with Crippen molar-refractivity contribution in [2.45, 2.75) is 25.4 Å². The van der Waals surface area contributed by atoms with Crippen LogP contribution in [0.5, 0.6) is 5.75 Å². The van der Waals surface area contributed by atoms with E-state index in [1.54, 1.807) is 0 Å². The molecule has 2 unspecified atom stereocenters. The fourth-order valence-electron chi connectivity index (χ4n) is 3.59. The third-order valence-electron chi connectivity index (χ3n) is 5.17. The number of hydrogen-bond donors (Lipinski definition) is 1. The van der Waals surface area contributed by atoms with E-state index in [2.05, 4.69) is 17.0 Å². The lowest BCUT2D eigenvalue weighted by Crippen LogP contribution is -2.43. The number of ether oxygens (including phenoxy) is 2. The fourth-order valence-corrected chi connectivity index (χ4v) is 3.59. The van der Waals surface area contributed by atoms with Crippen LogP contribution >= 0.6 is 0 Å². The van der Waals surface area contributed by atoms with Gasteiger partial charge in [-0.2, -0.15) is 0 Å². The number of nitrogens with zero attached hydrogens (tertiary/aromatic N) is 1. The normalized spacial score (nSPS) is 18.9. The predicted molar refractivity (Wildman–Crippen MR) is 104 cm³/mol. The lowest BCUT2D eigenvalue weighted by molar-refractivity contribution is -0.0107. The van der Waals surface area contributed by atoms with Crippen molar-refractivity contribution >= 4 is 0 Å². The van der Waals surface area contributed by atoms with Gasteiger partial charge in [0, 0.05) is 25.6 Å². The molecule has 0 spiro atoms. The Bertz CT molecular complexity index is 664. The maximum Gasteiger partial charge on any atom is 0.119 e. The van der Waals surface area contributed by atoms with E-state index in [4.69, 9.17) is 9.47 Å². The SMILES string of the molecule is CCOc1ccc(C(C)(O)C(CN2CCOCC2)c2ccccc2)cc1. The van der Waals surface area contributed by atoms with Crippen molar-refractivity contribution in [3.63, 3.8) is 0 Å². The summed E-state index contributed by atoms with van der Waals surface area (Å²) >= 11 is 0. The van der Waals surface area contributed by atoms with Gasteiger partial charge in [-0.05, 0) is 37.1 Å². The molecule has 2 aromatic rings. The summed E-state index contributed by atoms with van der Waals surface area (Å²) in [6.45, 7) is 8.65. The van der Waals surface area contributed by atoms with Gasteiger partial charge in [-0.15, -0.1) is 0 Å². The van der Waals surface area contributed by atoms with Crippen LogP contribution in [-0.2, 0) is 10.3 Å².